The van der Waals surface area contributed by atoms with Crippen molar-refractivity contribution < 1.29 is 24.1 Å². The van der Waals surface area contributed by atoms with Gasteiger partial charge in [-0.3, -0.25) is 9.59 Å². The lowest BCUT2D eigenvalue weighted by Crippen LogP contribution is -3.28. The predicted octanol–water partition coefficient (Wildman–Crippen LogP) is -1.11. The molecule has 0 radical (unpaired) electrons. The first-order chi connectivity index (χ1) is 13.2. The molecule has 0 bridgehead atoms. The van der Waals surface area contributed by atoms with Gasteiger partial charge in [0.1, 0.15) is 38.5 Å². The maximum atomic E-state index is 12.6. The van der Waals surface area contributed by atoms with Gasteiger partial charge in [-0.25, -0.2) is 4.90 Å². The summed E-state index contributed by atoms with van der Waals surface area (Å²) in [5.74, 6) is 0.774. The first-order valence-electron chi connectivity index (χ1n) is 9.96. The van der Waals surface area contributed by atoms with E-state index >= 15 is 0 Å². The zero-order valence-corrected chi connectivity index (χ0v) is 15.9. The average molecular weight is 371 g/mol. The second-order valence-electron chi connectivity index (χ2n) is 7.94. The van der Waals surface area contributed by atoms with Crippen LogP contribution in [-0.4, -0.2) is 56.7 Å². The van der Waals surface area contributed by atoms with Crippen LogP contribution in [0, 0.1) is 11.8 Å². The van der Waals surface area contributed by atoms with E-state index in [0.29, 0.717) is 6.67 Å². The van der Waals surface area contributed by atoms with E-state index in [2.05, 4.69) is 12.1 Å². The Bertz CT molecular complexity index is 697. The number of methoxy groups -OCH3 is 1. The SMILES string of the molecule is COc1ccc(C[NH+]2CC[NH+](CN3C(=O)[C@H]4CC=CC[C@@H]4C3=O)CC2)cc1. The third-order valence-corrected chi connectivity index (χ3v) is 6.26. The molecule has 2 heterocycles. The van der Waals surface area contributed by atoms with E-state index in [-0.39, 0.29) is 23.7 Å². The van der Waals surface area contributed by atoms with Gasteiger partial charge in [-0.05, 0) is 37.1 Å². The Labute approximate surface area is 160 Å². The van der Waals surface area contributed by atoms with Crippen molar-refractivity contribution in [3.8, 4) is 5.75 Å². The highest BCUT2D eigenvalue weighted by Gasteiger charge is 2.48. The molecule has 2 saturated heterocycles. The molecule has 6 heteroatoms. The summed E-state index contributed by atoms with van der Waals surface area (Å²) in [5, 5.41) is 0. The Morgan fingerprint density at radius 1 is 0.926 bits per heavy atom. The van der Waals surface area contributed by atoms with Crippen molar-refractivity contribution in [3.63, 3.8) is 0 Å². The van der Waals surface area contributed by atoms with E-state index < -0.39 is 0 Å². The molecule has 0 unspecified atom stereocenters. The van der Waals surface area contributed by atoms with E-state index in [0.717, 1.165) is 51.3 Å². The zero-order chi connectivity index (χ0) is 18.8. The summed E-state index contributed by atoms with van der Waals surface area (Å²) in [5.41, 5.74) is 1.32. The molecule has 1 aromatic carbocycles. The van der Waals surface area contributed by atoms with Crippen LogP contribution < -0.4 is 14.5 Å². The highest BCUT2D eigenvalue weighted by atomic mass is 16.5. The Morgan fingerprint density at radius 2 is 1.48 bits per heavy atom. The number of hydrogen-bond donors (Lipinski definition) is 2. The molecule has 2 atom stereocenters. The van der Waals surface area contributed by atoms with Crippen LogP contribution in [0.2, 0.25) is 0 Å². The van der Waals surface area contributed by atoms with Gasteiger partial charge >= 0.3 is 0 Å². The Morgan fingerprint density at radius 3 is 2.04 bits per heavy atom. The highest BCUT2D eigenvalue weighted by Crippen LogP contribution is 2.34. The molecule has 144 valence electrons. The third-order valence-electron chi connectivity index (χ3n) is 6.26. The molecule has 2 N–H and O–H groups in total. The fraction of sp³-hybridized carbons (Fsp3) is 0.524. The van der Waals surface area contributed by atoms with E-state index in [9.17, 15) is 9.59 Å². The van der Waals surface area contributed by atoms with Gasteiger partial charge in [0, 0.05) is 5.56 Å². The second-order valence-corrected chi connectivity index (χ2v) is 7.94. The van der Waals surface area contributed by atoms with Crippen molar-refractivity contribution in [2.75, 3.05) is 40.0 Å². The summed E-state index contributed by atoms with van der Waals surface area (Å²) >= 11 is 0. The summed E-state index contributed by atoms with van der Waals surface area (Å²) in [7, 11) is 1.68. The number of nitrogens with one attached hydrogen (secondary N) is 2. The minimum Gasteiger partial charge on any atom is -0.497 e. The monoisotopic (exact) mass is 371 g/mol. The molecule has 4 rings (SSSR count). The Balaban J connectivity index is 1.28. The standard InChI is InChI=1S/C21H27N3O3/c1-27-17-8-6-16(7-9-17)14-22-10-12-23(13-11-22)15-24-20(25)18-4-2-3-5-19(18)21(24)26/h2-3,6-9,18-19H,4-5,10-15H2,1H3/p+2/t18-,19-/m0/s1. The van der Waals surface area contributed by atoms with Gasteiger partial charge in [0.2, 0.25) is 11.8 Å². The molecular weight excluding hydrogens is 342 g/mol. The molecule has 3 aliphatic rings. The molecule has 0 saturated carbocycles. The van der Waals surface area contributed by atoms with Gasteiger partial charge in [0.25, 0.3) is 0 Å². The minimum absolute atomic E-state index is 0.0508. The number of carbonyl (C=O) groups is 2. The molecule has 2 fully saturated rings. The highest BCUT2D eigenvalue weighted by molar-refractivity contribution is 6.05. The number of hydrogen-bond acceptors (Lipinski definition) is 3. The fourth-order valence-corrected chi connectivity index (χ4v) is 4.57. The Kier molecular flexibility index (Phi) is 5.27. The maximum absolute atomic E-state index is 12.6. The molecule has 0 aromatic heterocycles. The molecule has 6 nitrogen and oxygen atoms in total. The number of piperazine rings is 1. The van der Waals surface area contributed by atoms with E-state index in [1.165, 1.54) is 10.5 Å². The topological polar surface area (TPSA) is 55.5 Å². The van der Waals surface area contributed by atoms with Crippen LogP contribution >= 0.6 is 0 Å². The summed E-state index contributed by atoms with van der Waals surface area (Å²) in [6, 6.07) is 8.27. The van der Waals surface area contributed by atoms with Gasteiger partial charge in [0.15, 0.2) is 6.67 Å². The van der Waals surface area contributed by atoms with E-state index in [4.69, 9.17) is 4.74 Å². The first kappa shape index (κ1) is 18.2. The number of ether oxygens (including phenoxy) is 1. The summed E-state index contributed by atoms with van der Waals surface area (Å²) in [6.07, 6.45) is 5.54. The van der Waals surface area contributed by atoms with Crippen LogP contribution in [0.1, 0.15) is 18.4 Å². The van der Waals surface area contributed by atoms with Crippen molar-refractivity contribution in [2.24, 2.45) is 11.8 Å². The predicted molar refractivity (Wildman–Crippen MR) is 100 cm³/mol. The number of carbonyl (C=O) groups excluding carboxylic acids is 2. The van der Waals surface area contributed by atoms with E-state index in [1.54, 1.807) is 16.9 Å². The van der Waals surface area contributed by atoms with Crippen molar-refractivity contribution in [2.45, 2.75) is 19.4 Å². The maximum Gasteiger partial charge on any atom is 0.237 e. The minimum atomic E-state index is -0.108. The van der Waals surface area contributed by atoms with Crippen LogP contribution in [0.3, 0.4) is 0 Å². The molecule has 2 amide bonds. The van der Waals surface area contributed by atoms with Crippen LogP contribution in [0.5, 0.6) is 5.75 Å². The average Bonchev–Trinajstić information content (AvgIpc) is 2.95. The molecule has 0 spiro atoms. The smallest absolute Gasteiger partial charge is 0.237 e. The quantitative estimate of drug-likeness (QED) is 0.510. The number of imide groups is 1. The van der Waals surface area contributed by atoms with Crippen LogP contribution in [0.15, 0.2) is 36.4 Å². The second kappa shape index (κ2) is 7.82. The van der Waals surface area contributed by atoms with Gasteiger partial charge in [-0.1, -0.05) is 12.2 Å². The summed E-state index contributed by atoms with van der Waals surface area (Å²) in [4.78, 5) is 29.7. The van der Waals surface area contributed by atoms with E-state index in [1.807, 2.05) is 24.3 Å². The lowest BCUT2D eigenvalue weighted by Gasteiger charge is -2.31. The summed E-state index contributed by atoms with van der Waals surface area (Å²) < 4.78 is 5.22. The number of fused-ring (bicyclic) bond motifs is 1. The van der Waals surface area contributed by atoms with Crippen molar-refractivity contribution >= 4 is 11.8 Å². The number of rotatable bonds is 5. The molecule has 2 aliphatic heterocycles. The molecular formula is C21H29N3O3+2. The largest absolute Gasteiger partial charge is 0.497 e. The van der Waals surface area contributed by atoms with Gasteiger partial charge in [-0.2, -0.15) is 0 Å². The van der Waals surface area contributed by atoms with Crippen LogP contribution in [0.4, 0.5) is 0 Å². The third kappa shape index (κ3) is 3.77. The normalized spacial score (nSPS) is 30.5. The molecule has 1 aromatic rings. The van der Waals surface area contributed by atoms with Gasteiger partial charge in [-0.15, -0.1) is 0 Å². The zero-order valence-electron chi connectivity index (χ0n) is 15.9. The number of quaternary nitrogens is 2. The van der Waals surface area contributed by atoms with Crippen LogP contribution in [-0.2, 0) is 16.1 Å². The van der Waals surface area contributed by atoms with Gasteiger partial charge in [0.05, 0.1) is 18.9 Å². The van der Waals surface area contributed by atoms with Crippen molar-refractivity contribution in [1.82, 2.24) is 4.90 Å². The summed E-state index contributed by atoms with van der Waals surface area (Å²) in [6.45, 7) is 5.67. The molecule has 1 aliphatic carbocycles. The fourth-order valence-electron chi connectivity index (χ4n) is 4.57. The lowest BCUT2D eigenvalue weighted by atomic mass is 9.85. The van der Waals surface area contributed by atoms with Crippen molar-refractivity contribution in [1.29, 1.82) is 0 Å². The number of nitrogens with zero attached hydrogens (tertiary/aromatic N) is 1. The van der Waals surface area contributed by atoms with Crippen molar-refractivity contribution in [3.05, 3.63) is 42.0 Å². The first-order valence-corrected chi connectivity index (χ1v) is 9.96. The number of allylic oxidation sites excluding steroid dienone is 2. The Hall–Kier alpha value is -2.18. The number of amides is 2. The van der Waals surface area contributed by atoms with Gasteiger partial charge < -0.3 is 14.5 Å². The number of benzene rings is 1. The molecule has 27 heavy (non-hydrogen) atoms. The lowest BCUT2D eigenvalue weighted by molar-refractivity contribution is -1.02. The van der Waals surface area contributed by atoms with Crippen LogP contribution in [0.25, 0.3) is 0 Å². The number of likely N-dealkylation sites (tertiary alicyclic amines) is 1.